The number of rotatable bonds is 4. The van der Waals surface area contributed by atoms with E-state index in [9.17, 15) is 8.42 Å². The van der Waals surface area contributed by atoms with Crippen LogP contribution >= 0.6 is 0 Å². The van der Waals surface area contributed by atoms with E-state index >= 15 is 0 Å². The Kier molecular flexibility index (Phi) is 3.28. The lowest BCUT2D eigenvalue weighted by atomic mass is 10.5. The Balaban J connectivity index is 2.37. The maximum atomic E-state index is 12.3. The van der Waals surface area contributed by atoms with E-state index in [1.807, 2.05) is 6.92 Å². The Morgan fingerprint density at radius 2 is 2.22 bits per heavy atom. The maximum absolute atomic E-state index is 12.3. The highest BCUT2D eigenvalue weighted by Crippen LogP contribution is 2.18. The van der Waals surface area contributed by atoms with Gasteiger partial charge in [0.25, 0.3) is 10.0 Å². The van der Waals surface area contributed by atoms with E-state index in [0.717, 1.165) is 4.31 Å². The lowest BCUT2D eigenvalue weighted by molar-refractivity contribution is 0.593. The van der Waals surface area contributed by atoms with Crippen molar-refractivity contribution in [2.45, 2.75) is 18.4 Å². The fourth-order valence-electron chi connectivity index (χ4n) is 1.39. The molecule has 0 unspecified atom stereocenters. The van der Waals surface area contributed by atoms with E-state index in [2.05, 4.69) is 15.3 Å². The van der Waals surface area contributed by atoms with Gasteiger partial charge in [-0.15, -0.1) is 5.10 Å². The predicted octanol–water partition coefficient (Wildman–Crippen LogP) is 0.518. The Bertz CT molecular complexity index is 623. The minimum atomic E-state index is -3.63. The van der Waals surface area contributed by atoms with Crippen LogP contribution in [0.15, 0.2) is 35.6 Å². The third-order valence-corrected chi connectivity index (χ3v) is 4.19. The van der Waals surface area contributed by atoms with Crippen molar-refractivity contribution < 1.29 is 8.42 Å². The first-order valence-corrected chi connectivity index (χ1v) is 6.79. The molecule has 0 aromatic carbocycles. The highest BCUT2D eigenvalue weighted by atomic mass is 32.2. The first-order valence-electron chi connectivity index (χ1n) is 5.35. The van der Waals surface area contributed by atoms with Crippen LogP contribution in [-0.2, 0) is 16.6 Å². The molecule has 0 fully saturated rings. The molecule has 2 rings (SSSR count). The number of hydrogen-bond donors (Lipinski definition) is 0. The quantitative estimate of drug-likeness (QED) is 0.806. The second-order valence-electron chi connectivity index (χ2n) is 3.59. The fourth-order valence-corrected chi connectivity index (χ4v) is 2.49. The molecule has 96 valence electrons. The summed E-state index contributed by atoms with van der Waals surface area (Å²) in [7, 11) is -2.20. The molecule has 0 atom stereocenters. The standard InChI is InChI=1S/C10H13N5O2S/c1-3-15-8-9(7-12-15)18(16,17)14(2)10-5-4-6-11-13-10/h4-8H,3H2,1-2H3. The highest BCUT2D eigenvalue weighted by Gasteiger charge is 2.23. The molecule has 0 bridgehead atoms. The summed E-state index contributed by atoms with van der Waals surface area (Å²) in [5.41, 5.74) is 0. The van der Waals surface area contributed by atoms with Gasteiger partial charge in [0.05, 0.1) is 6.20 Å². The fraction of sp³-hybridized carbons (Fsp3) is 0.300. The lowest BCUT2D eigenvalue weighted by Gasteiger charge is -2.16. The molecule has 0 radical (unpaired) electrons. The molecule has 0 aliphatic rings. The van der Waals surface area contributed by atoms with Gasteiger partial charge in [-0.25, -0.2) is 8.42 Å². The van der Waals surface area contributed by atoms with Crippen LogP contribution in [0.3, 0.4) is 0 Å². The summed E-state index contributed by atoms with van der Waals surface area (Å²) in [4.78, 5) is 0.137. The molecule has 2 aromatic rings. The first-order chi connectivity index (χ1) is 8.55. The van der Waals surface area contributed by atoms with Gasteiger partial charge in [-0.3, -0.25) is 8.99 Å². The molecular weight excluding hydrogens is 254 g/mol. The summed E-state index contributed by atoms with van der Waals surface area (Å²) >= 11 is 0. The van der Waals surface area contributed by atoms with Gasteiger partial charge < -0.3 is 0 Å². The number of hydrogen-bond acceptors (Lipinski definition) is 5. The maximum Gasteiger partial charge on any atom is 0.268 e. The summed E-state index contributed by atoms with van der Waals surface area (Å²) < 4.78 is 27.2. The van der Waals surface area contributed by atoms with Crippen LogP contribution in [0.4, 0.5) is 5.82 Å². The van der Waals surface area contributed by atoms with Crippen LogP contribution in [0.1, 0.15) is 6.92 Å². The first kappa shape index (κ1) is 12.5. The van der Waals surface area contributed by atoms with E-state index in [1.54, 1.807) is 16.8 Å². The van der Waals surface area contributed by atoms with Crippen molar-refractivity contribution >= 4 is 15.8 Å². The van der Waals surface area contributed by atoms with Gasteiger partial charge in [0, 0.05) is 26.0 Å². The zero-order valence-electron chi connectivity index (χ0n) is 10.1. The molecule has 0 amide bonds. The number of anilines is 1. The van der Waals surface area contributed by atoms with Crippen molar-refractivity contribution in [3.05, 3.63) is 30.7 Å². The largest absolute Gasteiger partial charge is 0.272 e. The lowest BCUT2D eigenvalue weighted by Crippen LogP contribution is -2.27. The molecule has 7 nitrogen and oxygen atoms in total. The zero-order chi connectivity index (χ0) is 13.2. The smallest absolute Gasteiger partial charge is 0.268 e. The van der Waals surface area contributed by atoms with Gasteiger partial charge in [-0.05, 0) is 19.1 Å². The summed E-state index contributed by atoms with van der Waals surface area (Å²) in [6.45, 7) is 2.50. The minimum absolute atomic E-state index is 0.137. The Labute approximate surface area is 105 Å². The normalized spacial score (nSPS) is 11.4. The van der Waals surface area contributed by atoms with Crippen molar-refractivity contribution in [2.75, 3.05) is 11.4 Å². The number of aromatic nitrogens is 4. The molecule has 0 spiro atoms. The van der Waals surface area contributed by atoms with E-state index in [1.165, 1.54) is 25.6 Å². The third-order valence-electron chi connectivity index (χ3n) is 2.47. The summed E-state index contributed by atoms with van der Waals surface area (Å²) in [6.07, 6.45) is 4.30. The zero-order valence-corrected chi connectivity index (χ0v) is 10.9. The van der Waals surface area contributed by atoms with Crippen molar-refractivity contribution in [2.24, 2.45) is 0 Å². The topological polar surface area (TPSA) is 81.0 Å². The molecule has 18 heavy (non-hydrogen) atoms. The number of nitrogens with zero attached hydrogens (tertiary/aromatic N) is 5. The Morgan fingerprint density at radius 3 is 2.78 bits per heavy atom. The van der Waals surface area contributed by atoms with Gasteiger partial charge in [0.15, 0.2) is 5.82 Å². The van der Waals surface area contributed by atoms with Crippen molar-refractivity contribution in [1.29, 1.82) is 0 Å². The highest BCUT2D eigenvalue weighted by molar-refractivity contribution is 7.92. The molecule has 0 saturated heterocycles. The molecule has 2 aromatic heterocycles. The summed E-state index contributed by atoms with van der Waals surface area (Å²) in [6, 6.07) is 3.21. The predicted molar refractivity (Wildman–Crippen MR) is 65.5 cm³/mol. The number of sulfonamides is 1. The number of aryl methyl sites for hydroxylation is 1. The third kappa shape index (κ3) is 2.19. The molecule has 0 saturated carbocycles. The second kappa shape index (κ2) is 4.73. The molecule has 0 aliphatic heterocycles. The second-order valence-corrected chi connectivity index (χ2v) is 5.56. The van der Waals surface area contributed by atoms with Gasteiger partial charge in [-0.1, -0.05) is 0 Å². The average molecular weight is 267 g/mol. The monoisotopic (exact) mass is 267 g/mol. The summed E-state index contributed by atoms with van der Waals surface area (Å²) in [5, 5.41) is 11.4. The molecular formula is C10H13N5O2S. The molecule has 0 N–H and O–H groups in total. The van der Waals surface area contributed by atoms with E-state index in [-0.39, 0.29) is 10.7 Å². The summed E-state index contributed by atoms with van der Waals surface area (Å²) in [5.74, 6) is 0.266. The van der Waals surface area contributed by atoms with Crippen molar-refractivity contribution in [3.8, 4) is 0 Å². The molecule has 2 heterocycles. The van der Waals surface area contributed by atoms with E-state index in [0.29, 0.717) is 6.54 Å². The van der Waals surface area contributed by atoms with Gasteiger partial charge >= 0.3 is 0 Å². The van der Waals surface area contributed by atoms with Crippen LogP contribution in [0.2, 0.25) is 0 Å². The van der Waals surface area contributed by atoms with Crippen molar-refractivity contribution in [1.82, 2.24) is 20.0 Å². The average Bonchev–Trinajstić information content (AvgIpc) is 2.88. The van der Waals surface area contributed by atoms with Gasteiger partial charge in [0.2, 0.25) is 0 Å². The molecule has 8 heteroatoms. The van der Waals surface area contributed by atoms with Gasteiger partial charge in [-0.2, -0.15) is 10.2 Å². The van der Waals surface area contributed by atoms with Crippen LogP contribution < -0.4 is 4.31 Å². The Hall–Kier alpha value is -1.96. The SMILES string of the molecule is CCn1cc(S(=O)(=O)N(C)c2cccnn2)cn1. The van der Waals surface area contributed by atoms with Crippen LogP contribution in [0.5, 0.6) is 0 Å². The van der Waals surface area contributed by atoms with E-state index < -0.39 is 10.0 Å². The van der Waals surface area contributed by atoms with Crippen LogP contribution in [0, 0.1) is 0 Å². The Morgan fingerprint density at radius 1 is 1.44 bits per heavy atom. The van der Waals surface area contributed by atoms with Crippen LogP contribution in [-0.4, -0.2) is 35.4 Å². The van der Waals surface area contributed by atoms with Crippen LogP contribution in [0.25, 0.3) is 0 Å². The van der Waals surface area contributed by atoms with Gasteiger partial charge in [0.1, 0.15) is 4.90 Å². The minimum Gasteiger partial charge on any atom is -0.272 e. The van der Waals surface area contributed by atoms with Crippen molar-refractivity contribution in [3.63, 3.8) is 0 Å². The molecule has 0 aliphatic carbocycles. The van der Waals surface area contributed by atoms with E-state index in [4.69, 9.17) is 0 Å².